The molecule has 1 aromatic rings. The van der Waals surface area contributed by atoms with Gasteiger partial charge in [-0.3, -0.25) is 4.68 Å². The predicted molar refractivity (Wildman–Crippen MR) is 75.5 cm³/mol. The van der Waals surface area contributed by atoms with Gasteiger partial charge in [-0.2, -0.15) is 5.10 Å². The molecule has 0 radical (unpaired) electrons. The highest BCUT2D eigenvalue weighted by molar-refractivity contribution is 5.07. The molecule has 0 amide bonds. The Hall–Kier alpha value is -0.830. The summed E-state index contributed by atoms with van der Waals surface area (Å²) in [6.45, 7) is 6.59. The molecule has 2 N–H and O–H groups in total. The summed E-state index contributed by atoms with van der Waals surface area (Å²) in [5.41, 5.74) is 7.73. The Kier molecular flexibility index (Phi) is 4.10. The van der Waals surface area contributed by atoms with Crippen molar-refractivity contribution in [1.29, 1.82) is 0 Å². The fraction of sp³-hybridized carbons (Fsp3) is 0.800. The maximum atomic E-state index is 6.59. The highest BCUT2D eigenvalue weighted by Gasteiger charge is 2.32. The van der Waals surface area contributed by atoms with Crippen molar-refractivity contribution < 1.29 is 0 Å². The van der Waals surface area contributed by atoms with Crippen LogP contribution in [0.4, 0.5) is 0 Å². The monoisotopic (exact) mass is 249 g/mol. The lowest BCUT2D eigenvalue weighted by Crippen LogP contribution is -2.46. The van der Waals surface area contributed by atoms with Crippen molar-refractivity contribution in [1.82, 2.24) is 9.78 Å². The number of rotatable bonds is 4. The second-order valence-corrected chi connectivity index (χ2v) is 6.29. The van der Waals surface area contributed by atoms with Crippen LogP contribution in [0.1, 0.15) is 64.6 Å². The van der Waals surface area contributed by atoms with Crippen LogP contribution in [-0.4, -0.2) is 15.3 Å². The van der Waals surface area contributed by atoms with Crippen molar-refractivity contribution in [2.45, 2.75) is 70.9 Å². The van der Waals surface area contributed by atoms with E-state index in [2.05, 4.69) is 38.1 Å². The summed E-state index contributed by atoms with van der Waals surface area (Å²) >= 11 is 0. The molecule has 0 spiro atoms. The highest BCUT2D eigenvalue weighted by atomic mass is 15.3. The first-order valence-corrected chi connectivity index (χ1v) is 7.35. The molecule has 2 rings (SSSR count). The van der Waals surface area contributed by atoms with Gasteiger partial charge in [0.25, 0.3) is 0 Å². The van der Waals surface area contributed by atoms with Gasteiger partial charge in [0.15, 0.2) is 0 Å². The molecule has 2 atom stereocenters. The minimum absolute atomic E-state index is 0.0188. The summed E-state index contributed by atoms with van der Waals surface area (Å²) in [6, 6.07) is 2.56. The second kappa shape index (κ2) is 5.43. The molecule has 0 bridgehead atoms. The van der Waals surface area contributed by atoms with Gasteiger partial charge in [0, 0.05) is 24.2 Å². The van der Waals surface area contributed by atoms with Crippen LogP contribution in [0.3, 0.4) is 0 Å². The molecule has 2 unspecified atom stereocenters. The van der Waals surface area contributed by atoms with Crippen molar-refractivity contribution in [2.75, 3.05) is 0 Å². The lowest BCUT2D eigenvalue weighted by molar-refractivity contribution is 0.217. The summed E-state index contributed by atoms with van der Waals surface area (Å²) in [5, 5.41) is 4.64. The lowest BCUT2D eigenvalue weighted by atomic mass is 9.73. The smallest absolute Gasteiger partial charge is 0.0643 e. The van der Waals surface area contributed by atoms with E-state index in [1.807, 2.05) is 4.68 Å². The molecular weight excluding hydrogens is 222 g/mol. The van der Waals surface area contributed by atoms with Crippen molar-refractivity contribution in [3.05, 3.63) is 18.0 Å². The Labute approximate surface area is 111 Å². The summed E-state index contributed by atoms with van der Waals surface area (Å²) in [4.78, 5) is 0. The molecule has 1 saturated carbocycles. The Morgan fingerprint density at radius 3 is 2.94 bits per heavy atom. The van der Waals surface area contributed by atoms with Crippen LogP contribution in [0.25, 0.3) is 0 Å². The SMILES string of the molecule is CCC1CCCC(N)(Cc2ccn(C(C)C)n2)C1. The van der Waals surface area contributed by atoms with E-state index in [1.165, 1.54) is 19.3 Å². The third-order valence-electron chi connectivity index (χ3n) is 4.29. The third-order valence-corrected chi connectivity index (χ3v) is 4.29. The molecule has 102 valence electrons. The summed E-state index contributed by atoms with van der Waals surface area (Å²) in [7, 11) is 0. The van der Waals surface area contributed by atoms with Gasteiger partial charge in [0.2, 0.25) is 0 Å². The van der Waals surface area contributed by atoms with Crippen LogP contribution in [0.5, 0.6) is 0 Å². The highest BCUT2D eigenvalue weighted by Crippen LogP contribution is 2.34. The number of nitrogens with zero attached hydrogens (tertiary/aromatic N) is 2. The van der Waals surface area contributed by atoms with Crippen LogP contribution in [-0.2, 0) is 6.42 Å². The minimum Gasteiger partial charge on any atom is -0.325 e. The standard InChI is InChI=1S/C15H27N3/c1-4-13-6-5-8-15(16,10-13)11-14-7-9-18(17-14)12(2)3/h7,9,12-13H,4-6,8,10-11,16H2,1-3H3. The van der Waals surface area contributed by atoms with E-state index in [9.17, 15) is 0 Å². The second-order valence-electron chi connectivity index (χ2n) is 6.29. The van der Waals surface area contributed by atoms with E-state index in [0.29, 0.717) is 6.04 Å². The van der Waals surface area contributed by atoms with Crippen LogP contribution < -0.4 is 5.73 Å². The van der Waals surface area contributed by atoms with E-state index in [-0.39, 0.29) is 5.54 Å². The zero-order valence-electron chi connectivity index (χ0n) is 12.0. The molecular formula is C15H27N3. The molecule has 1 heterocycles. The summed E-state index contributed by atoms with van der Waals surface area (Å²) < 4.78 is 2.03. The first kappa shape index (κ1) is 13.6. The van der Waals surface area contributed by atoms with Gasteiger partial charge in [-0.15, -0.1) is 0 Å². The molecule has 0 aromatic carbocycles. The average molecular weight is 249 g/mol. The van der Waals surface area contributed by atoms with Crippen molar-refractivity contribution in [2.24, 2.45) is 11.7 Å². The van der Waals surface area contributed by atoms with Crippen molar-refractivity contribution in [3.8, 4) is 0 Å². The number of hydrogen-bond acceptors (Lipinski definition) is 2. The van der Waals surface area contributed by atoms with Crippen molar-refractivity contribution in [3.63, 3.8) is 0 Å². The first-order chi connectivity index (χ1) is 8.52. The maximum absolute atomic E-state index is 6.59. The van der Waals surface area contributed by atoms with Gasteiger partial charge in [-0.25, -0.2) is 0 Å². The number of hydrogen-bond donors (Lipinski definition) is 1. The van der Waals surface area contributed by atoms with Gasteiger partial charge in [-0.05, 0) is 38.7 Å². The molecule has 1 aromatic heterocycles. The van der Waals surface area contributed by atoms with Gasteiger partial charge < -0.3 is 5.73 Å². The van der Waals surface area contributed by atoms with Crippen LogP contribution in [0.2, 0.25) is 0 Å². The van der Waals surface area contributed by atoms with Crippen LogP contribution in [0.15, 0.2) is 12.3 Å². The van der Waals surface area contributed by atoms with E-state index in [4.69, 9.17) is 5.73 Å². The Bertz CT molecular complexity index is 383. The lowest BCUT2D eigenvalue weighted by Gasteiger charge is -2.37. The van der Waals surface area contributed by atoms with Crippen LogP contribution >= 0.6 is 0 Å². The van der Waals surface area contributed by atoms with Gasteiger partial charge in [0.05, 0.1) is 5.69 Å². The number of aromatic nitrogens is 2. The van der Waals surface area contributed by atoms with Gasteiger partial charge >= 0.3 is 0 Å². The summed E-state index contributed by atoms with van der Waals surface area (Å²) in [6.07, 6.45) is 9.22. The predicted octanol–water partition coefficient (Wildman–Crippen LogP) is 3.30. The fourth-order valence-electron chi connectivity index (χ4n) is 3.15. The molecule has 3 nitrogen and oxygen atoms in total. The normalized spacial score (nSPS) is 28.8. The molecule has 1 aliphatic carbocycles. The first-order valence-electron chi connectivity index (χ1n) is 7.35. The zero-order chi connectivity index (χ0) is 13.2. The van der Waals surface area contributed by atoms with E-state index in [0.717, 1.165) is 30.9 Å². The molecule has 1 aliphatic rings. The number of nitrogens with two attached hydrogens (primary N) is 1. The zero-order valence-corrected chi connectivity index (χ0v) is 12.0. The maximum Gasteiger partial charge on any atom is 0.0643 e. The average Bonchev–Trinajstić information content (AvgIpc) is 2.77. The molecule has 0 aliphatic heterocycles. The van der Waals surface area contributed by atoms with E-state index in [1.54, 1.807) is 0 Å². The molecule has 0 saturated heterocycles. The van der Waals surface area contributed by atoms with E-state index < -0.39 is 0 Å². The largest absolute Gasteiger partial charge is 0.325 e. The quantitative estimate of drug-likeness (QED) is 0.889. The van der Waals surface area contributed by atoms with Crippen molar-refractivity contribution >= 4 is 0 Å². The topological polar surface area (TPSA) is 43.8 Å². The third kappa shape index (κ3) is 3.14. The fourth-order valence-corrected chi connectivity index (χ4v) is 3.15. The van der Waals surface area contributed by atoms with Gasteiger partial charge in [0.1, 0.15) is 0 Å². The Balaban J connectivity index is 2.02. The van der Waals surface area contributed by atoms with E-state index >= 15 is 0 Å². The molecule has 3 heteroatoms. The molecule has 18 heavy (non-hydrogen) atoms. The molecule has 1 fully saturated rings. The van der Waals surface area contributed by atoms with Crippen LogP contribution in [0, 0.1) is 5.92 Å². The minimum atomic E-state index is -0.0188. The summed E-state index contributed by atoms with van der Waals surface area (Å²) in [5.74, 6) is 0.816. The Morgan fingerprint density at radius 1 is 1.56 bits per heavy atom. The van der Waals surface area contributed by atoms with Gasteiger partial charge in [-0.1, -0.05) is 26.2 Å². The Morgan fingerprint density at radius 2 is 2.33 bits per heavy atom.